The molecule has 0 fully saturated rings. The number of carbonyl (C=O) groups is 1. The number of fused-ring (bicyclic) bond motifs is 1. The molecule has 2 aromatic carbocycles. The van der Waals surface area contributed by atoms with Crippen LogP contribution in [0.5, 0.6) is 17.5 Å². The minimum absolute atomic E-state index is 0.0103. The van der Waals surface area contributed by atoms with Crippen LogP contribution in [0.15, 0.2) is 48.5 Å². The van der Waals surface area contributed by atoms with Gasteiger partial charge in [0, 0.05) is 36.3 Å². The van der Waals surface area contributed by atoms with Crippen LogP contribution in [0.25, 0.3) is 0 Å². The van der Waals surface area contributed by atoms with Gasteiger partial charge in [0.05, 0.1) is 12.5 Å². The van der Waals surface area contributed by atoms with E-state index in [9.17, 15) is 20.1 Å². The molecule has 3 aromatic rings. The van der Waals surface area contributed by atoms with Crippen LogP contribution < -0.4 is 4.74 Å². The highest BCUT2D eigenvalue weighted by molar-refractivity contribution is 6.30. The Kier molecular flexibility index (Phi) is 7.81. The van der Waals surface area contributed by atoms with Crippen LogP contribution in [0.4, 0.5) is 0 Å². The molecular weight excluding hydrogens is 480 g/mol. The fourth-order valence-corrected chi connectivity index (χ4v) is 5.35. The number of rotatable bonds is 10. The van der Waals surface area contributed by atoms with E-state index in [-0.39, 0.29) is 24.4 Å². The van der Waals surface area contributed by atoms with Gasteiger partial charge in [0.1, 0.15) is 12.4 Å². The zero-order chi connectivity index (χ0) is 26.0. The third-order valence-corrected chi connectivity index (χ3v) is 6.92. The van der Waals surface area contributed by atoms with E-state index in [4.69, 9.17) is 16.3 Å². The molecule has 0 spiro atoms. The van der Waals surface area contributed by atoms with Gasteiger partial charge in [0.15, 0.2) is 11.8 Å². The highest BCUT2D eigenvalue weighted by atomic mass is 35.5. The first-order chi connectivity index (χ1) is 17.1. The Labute approximate surface area is 216 Å². The van der Waals surface area contributed by atoms with Crippen molar-refractivity contribution in [1.82, 2.24) is 9.47 Å². The molecule has 1 aliphatic rings. The molecule has 2 unspecified atom stereocenters. The Balaban J connectivity index is 1.52. The summed E-state index contributed by atoms with van der Waals surface area (Å²) >= 11 is 6.21. The van der Waals surface area contributed by atoms with Crippen molar-refractivity contribution in [3.63, 3.8) is 0 Å². The lowest BCUT2D eigenvalue weighted by Gasteiger charge is -2.34. The lowest BCUT2D eigenvalue weighted by Crippen LogP contribution is -2.36. The Morgan fingerprint density at radius 1 is 1.14 bits per heavy atom. The molecule has 0 amide bonds. The molecular formula is C28H33ClN2O5. The molecule has 0 saturated carbocycles. The number of aliphatic carboxylic acids is 1. The first-order valence-electron chi connectivity index (χ1n) is 12.2. The third kappa shape index (κ3) is 5.63. The molecule has 0 aliphatic heterocycles. The highest BCUT2D eigenvalue weighted by Crippen LogP contribution is 2.42. The average molecular weight is 513 g/mol. The second-order valence-electron chi connectivity index (χ2n) is 9.91. The van der Waals surface area contributed by atoms with Gasteiger partial charge in [-0.2, -0.15) is 0 Å². The summed E-state index contributed by atoms with van der Waals surface area (Å²) in [4.78, 5) is 14.5. The first-order valence-corrected chi connectivity index (χ1v) is 12.6. The number of benzene rings is 2. The van der Waals surface area contributed by atoms with Crippen LogP contribution in [0.2, 0.25) is 5.02 Å². The molecule has 4 rings (SSSR count). The second kappa shape index (κ2) is 10.8. The van der Waals surface area contributed by atoms with Gasteiger partial charge in [-0.25, -0.2) is 0 Å². The first kappa shape index (κ1) is 25.9. The molecule has 1 aliphatic carbocycles. The largest absolute Gasteiger partial charge is 0.494 e. The minimum atomic E-state index is -0.791. The van der Waals surface area contributed by atoms with Crippen LogP contribution >= 0.6 is 11.6 Å². The van der Waals surface area contributed by atoms with E-state index in [0.717, 1.165) is 34.5 Å². The number of aromatic hydroxyl groups is 2. The van der Waals surface area contributed by atoms with Crippen molar-refractivity contribution in [3.05, 3.63) is 75.8 Å². The summed E-state index contributed by atoms with van der Waals surface area (Å²) in [7, 11) is 0. The normalized spacial score (nSPS) is 17.1. The number of nitrogens with zero attached hydrogens (tertiary/aromatic N) is 2. The van der Waals surface area contributed by atoms with E-state index < -0.39 is 11.9 Å². The van der Waals surface area contributed by atoms with E-state index in [1.807, 2.05) is 37.3 Å². The maximum absolute atomic E-state index is 12.2. The molecule has 1 aromatic heterocycles. The fraction of sp³-hybridized carbons (Fsp3) is 0.393. The molecule has 8 heteroatoms. The molecule has 192 valence electrons. The lowest BCUT2D eigenvalue weighted by molar-refractivity contribution is -0.144. The van der Waals surface area contributed by atoms with E-state index in [1.54, 1.807) is 0 Å². The van der Waals surface area contributed by atoms with Gasteiger partial charge in [-0.3, -0.25) is 14.3 Å². The summed E-state index contributed by atoms with van der Waals surface area (Å²) in [5, 5.41) is 30.2. The maximum atomic E-state index is 12.2. The summed E-state index contributed by atoms with van der Waals surface area (Å²) in [5.74, 6) is -0.249. The average Bonchev–Trinajstić information content (AvgIpc) is 3.34. The standard InChI is InChI=1S/C28H33ClN2O5/c1-17(2)15-30(27-22-6-5-21(29)13-20(22)14-23(27)28(34)35)16-19-4-7-24(18(3)12-19)36-11-10-31-25(32)8-9-26(31)33/h4-9,12-13,17,23,27,32-33H,10-11,14-16H2,1-3H3,(H,34,35). The van der Waals surface area contributed by atoms with E-state index in [0.29, 0.717) is 30.5 Å². The number of ether oxygens (including phenoxy) is 1. The van der Waals surface area contributed by atoms with Crippen molar-refractivity contribution in [2.45, 2.75) is 46.3 Å². The molecule has 0 radical (unpaired) electrons. The van der Waals surface area contributed by atoms with E-state index in [2.05, 4.69) is 24.8 Å². The van der Waals surface area contributed by atoms with Crippen LogP contribution in [0, 0.1) is 18.8 Å². The van der Waals surface area contributed by atoms with Gasteiger partial charge in [-0.1, -0.05) is 43.6 Å². The number of aryl methyl sites for hydroxylation is 1. The van der Waals surface area contributed by atoms with Gasteiger partial charge >= 0.3 is 5.97 Å². The summed E-state index contributed by atoms with van der Waals surface area (Å²) in [6.07, 6.45) is 0.475. The smallest absolute Gasteiger partial charge is 0.308 e. The van der Waals surface area contributed by atoms with Crippen LogP contribution in [-0.2, 0) is 24.3 Å². The van der Waals surface area contributed by atoms with Gasteiger partial charge in [0.2, 0.25) is 0 Å². The van der Waals surface area contributed by atoms with Crippen molar-refractivity contribution < 1.29 is 24.9 Å². The van der Waals surface area contributed by atoms with Gasteiger partial charge < -0.3 is 20.1 Å². The van der Waals surface area contributed by atoms with Gasteiger partial charge in [0.25, 0.3) is 0 Å². The number of hydrogen-bond donors (Lipinski definition) is 3. The number of carboxylic acid groups (broad SMARTS) is 1. The molecule has 1 heterocycles. The van der Waals surface area contributed by atoms with Crippen LogP contribution in [-0.4, -0.2) is 43.9 Å². The third-order valence-electron chi connectivity index (χ3n) is 6.69. The summed E-state index contributed by atoms with van der Waals surface area (Å²) in [5.41, 5.74) is 4.09. The zero-order valence-corrected chi connectivity index (χ0v) is 21.6. The predicted octanol–water partition coefficient (Wildman–Crippen LogP) is 5.40. The summed E-state index contributed by atoms with van der Waals surface area (Å²) in [6, 6.07) is 14.4. The fourth-order valence-electron chi connectivity index (χ4n) is 5.15. The van der Waals surface area contributed by atoms with Crippen molar-refractivity contribution in [2.24, 2.45) is 11.8 Å². The van der Waals surface area contributed by atoms with Crippen LogP contribution in [0.1, 0.15) is 42.1 Å². The molecule has 0 bridgehead atoms. The number of halogens is 1. The van der Waals surface area contributed by atoms with Crippen molar-refractivity contribution in [2.75, 3.05) is 13.2 Å². The minimum Gasteiger partial charge on any atom is -0.494 e. The quantitative estimate of drug-likeness (QED) is 0.337. The number of aromatic nitrogens is 1. The number of carboxylic acids is 1. The Morgan fingerprint density at radius 3 is 2.50 bits per heavy atom. The SMILES string of the molecule is Cc1cc(CN(CC(C)C)C2c3ccc(Cl)cc3CC2C(=O)O)ccc1OCCn1c(O)ccc1O. The lowest BCUT2D eigenvalue weighted by atomic mass is 9.96. The summed E-state index contributed by atoms with van der Waals surface area (Å²) in [6.45, 7) is 8.24. The molecule has 0 saturated heterocycles. The van der Waals surface area contributed by atoms with Crippen molar-refractivity contribution in [3.8, 4) is 17.5 Å². The monoisotopic (exact) mass is 512 g/mol. The molecule has 2 atom stereocenters. The molecule has 7 nitrogen and oxygen atoms in total. The predicted molar refractivity (Wildman–Crippen MR) is 139 cm³/mol. The molecule has 3 N–H and O–H groups in total. The topological polar surface area (TPSA) is 95.2 Å². The van der Waals surface area contributed by atoms with Crippen molar-refractivity contribution in [1.29, 1.82) is 0 Å². The van der Waals surface area contributed by atoms with Crippen LogP contribution in [0.3, 0.4) is 0 Å². The van der Waals surface area contributed by atoms with Gasteiger partial charge in [-0.15, -0.1) is 0 Å². The summed E-state index contributed by atoms with van der Waals surface area (Å²) < 4.78 is 7.28. The van der Waals surface area contributed by atoms with E-state index >= 15 is 0 Å². The number of hydrogen-bond acceptors (Lipinski definition) is 5. The van der Waals surface area contributed by atoms with E-state index in [1.165, 1.54) is 16.7 Å². The Bertz CT molecular complexity index is 1220. The highest BCUT2D eigenvalue weighted by Gasteiger charge is 2.41. The van der Waals surface area contributed by atoms with Gasteiger partial charge in [-0.05, 0) is 59.7 Å². The maximum Gasteiger partial charge on any atom is 0.308 e. The second-order valence-corrected chi connectivity index (χ2v) is 10.3. The Morgan fingerprint density at radius 2 is 1.86 bits per heavy atom. The molecule has 36 heavy (non-hydrogen) atoms. The van der Waals surface area contributed by atoms with Crippen molar-refractivity contribution >= 4 is 17.6 Å². The Hall–Kier alpha value is -3.16. The zero-order valence-electron chi connectivity index (χ0n) is 20.8.